The van der Waals surface area contributed by atoms with Crippen LogP contribution < -0.4 is 0 Å². The monoisotopic (exact) mass is 460 g/mol. The lowest BCUT2D eigenvalue weighted by Gasteiger charge is -2.45. The van der Waals surface area contributed by atoms with E-state index >= 15 is 0 Å². The Hall–Kier alpha value is -2.17. The van der Waals surface area contributed by atoms with Crippen LogP contribution in [0.5, 0.6) is 0 Å². The van der Waals surface area contributed by atoms with Gasteiger partial charge in [-0.1, -0.05) is 24.3 Å². The molecule has 5 N–H and O–H groups in total. The molecule has 0 aliphatic carbocycles. The van der Waals surface area contributed by atoms with E-state index in [4.69, 9.17) is 4.74 Å². The topological polar surface area (TPSA) is 110 Å². The smallest absolute Gasteiger partial charge is 0.222 e. The molecule has 2 aromatic carbocycles. The number of benzene rings is 2. The molecule has 32 heavy (non-hydrogen) atoms. The summed E-state index contributed by atoms with van der Waals surface area (Å²) in [7, 11) is 0. The second kappa shape index (κ2) is 8.99. The first kappa shape index (κ1) is 23.0. The molecule has 1 aliphatic heterocycles. The second-order valence-electron chi connectivity index (χ2n) is 8.05. The number of hydrogen-bond donors (Lipinski definition) is 5. The first-order valence-electron chi connectivity index (χ1n) is 10.2. The van der Waals surface area contributed by atoms with Crippen molar-refractivity contribution in [3.63, 3.8) is 0 Å². The summed E-state index contributed by atoms with van der Waals surface area (Å²) in [5, 5.41) is 51.1. The van der Waals surface area contributed by atoms with Gasteiger partial charge in [-0.15, -0.1) is 11.3 Å². The minimum absolute atomic E-state index is 0.213. The molecule has 0 radical (unpaired) electrons. The van der Waals surface area contributed by atoms with Crippen molar-refractivity contribution in [3.05, 3.63) is 82.0 Å². The van der Waals surface area contributed by atoms with Crippen molar-refractivity contribution in [1.82, 2.24) is 0 Å². The van der Waals surface area contributed by atoms with Gasteiger partial charge in [0, 0.05) is 21.7 Å². The summed E-state index contributed by atoms with van der Waals surface area (Å²) in [5.41, 5.74) is 2.97. The lowest BCUT2D eigenvalue weighted by atomic mass is 9.86. The van der Waals surface area contributed by atoms with Crippen LogP contribution in [0.15, 0.2) is 54.6 Å². The molecule has 5 atom stereocenters. The fourth-order valence-electron chi connectivity index (χ4n) is 3.91. The summed E-state index contributed by atoms with van der Waals surface area (Å²) in [6.45, 7) is 1.29. The number of ether oxygens (including phenoxy) is 1. The Morgan fingerprint density at radius 1 is 1.00 bits per heavy atom. The van der Waals surface area contributed by atoms with Crippen LogP contribution in [0.1, 0.15) is 21.6 Å². The van der Waals surface area contributed by atoms with Gasteiger partial charge in [0.2, 0.25) is 5.79 Å². The SMILES string of the molecule is Cc1ccc([C@]2(O)OC(CO)C(O)C(O)C2O)cc1Cc1ccc(-c2ccc(F)cc2)s1. The third kappa shape index (κ3) is 4.23. The molecule has 0 spiro atoms. The predicted octanol–water partition coefficient (Wildman–Crippen LogP) is 2.07. The molecule has 0 amide bonds. The Labute approximate surface area is 188 Å². The highest BCUT2D eigenvalue weighted by atomic mass is 32.1. The molecule has 4 unspecified atom stereocenters. The zero-order valence-electron chi connectivity index (χ0n) is 17.4. The van der Waals surface area contributed by atoms with Crippen molar-refractivity contribution in [2.24, 2.45) is 0 Å². The van der Waals surface area contributed by atoms with Gasteiger partial charge in [-0.05, 0) is 53.9 Å². The maximum atomic E-state index is 13.2. The molecule has 1 saturated heterocycles. The van der Waals surface area contributed by atoms with Crippen LogP contribution in [0.25, 0.3) is 10.4 Å². The predicted molar refractivity (Wildman–Crippen MR) is 118 cm³/mol. The molecule has 8 heteroatoms. The standard InChI is InChI=1S/C24H25FO6S/c1-13-2-5-16(24(30)23(29)22(28)21(27)19(12-26)31-24)10-15(13)11-18-8-9-20(32-18)14-3-6-17(25)7-4-14/h2-10,19,21-23,26-30H,11-12H2,1H3/t19?,21?,22?,23?,24-/m0/s1. The van der Waals surface area contributed by atoms with E-state index in [0.717, 1.165) is 26.4 Å². The summed E-state index contributed by atoms with van der Waals surface area (Å²) in [6, 6.07) is 15.3. The van der Waals surface area contributed by atoms with Gasteiger partial charge in [-0.25, -0.2) is 4.39 Å². The van der Waals surface area contributed by atoms with E-state index in [1.807, 2.05) is 19.1 Å². The van der Waals surface area contributed by atoms with Crippen molar-refractivity contribution < 1.29 is 34.7 Å². The highest BCUT2D eigenvalue weighted by Crippen LogP contribution is 2.38. The molecule has 0 bridgehead atoms. The number of aryl methyl sites for hydroxylation is 1. The molecule has 2 heterocycles. The van der Waals surface area contributed by atoms with Crippen LogP contribution in [0.2, 0.25) is 0 Å². The van der Waals surface area contributed by atoms with Gasteiger partial charge >= 0.3 is 0 Å². The largest absolute Gasteiger partial charge is 0.394 e. The van der Waals surface area contributed by atoms with Crippen LogP contribution in [-0.4, -0.2) is 56.6 Å². The maximum absolute atomic E-state index is 13.2. The van der Waals surface area contributed by atoms with E-state index in [2.05, 4.69) is 0 Å². The van der Waals surface area contributed by atoms with Gasteiger partial charge in [-0.2, -0.15) is 0 Å². The normalized spacial score (nSPS) is 28.1. The highest BCUT2D eigenvalue weighted by molar-refractivity contribution is 7.15. The van der Waals surface area contributed by atoms with Crippen LogP contribution in [0.3, 0.4) is 0 Å². The fraction of sp³-hybridized carbons (Fsp3) is 0.333. The summed E-state index contributed by atoms with van der Waals surface area (Å²) < 4.78 is 18.6. The highest BCUT2D eigenvalue weighted by Gasteiger charge is 2.53. The van der Waals surface area contributed by atoms with Gasteiger partial charge in [0.05, 0.1) is 6.61 Å². The zero-order chi connectivity index (χ0) is 23.0. The number of rotatable bonds is 5. The van der Waals surface area contributed by atoms with E-state index in [9.17, 15) is 29.9 Å². The lowest BCUT2D eigenvalue weighted by molar-refractivity contribution is -0.357. The first-order valence-corrected chi connectivity index (χ1v) is 11.0. The van der Waals surface area contributed by atoms with E-state index in [0.29, 0.717) is 6.42 Å². The molecule has 3 aromatic rings. The molecule has 1 fully saturated rings. The van der Waals surface area contributed by atoms with Gasteiger partial charge in [0.15, 0.2) is 0 Å². The van der Waals surface area contributed by atoms with Crippen molar-refractivity contribution in [2.75, 3.05) is 6.61 Å². The number of hydrogen-bond acceptors (Lipinski definition) is 7. The second-order valence-corrected chi connectivity index (χ2v) is 9.22. The zero-order valence-corrected chi connectivity index (χ0v) is 18.2. The summed E-state index contributed by atoms with van der Waals surface area (Å²) >= 11 is 1.57. The average molecular weight is 461 g/mol. The quantitative estimate of drug-likeness (QED) is 0.399. The number of aliphatic hydroxyl groups excluding tert-OH is 4. The van der Waals surface area contributed by atoms with E-state index in [1.54, 1.807) is 41.7 Å². The number of aliphatic hydroxyl groups is 5. The Kier molecular flexibility index (Phi) is 6.46. The first-order chi connectivity index (χ1) is 15.2. The van der Waals surface area contributed by atoms with Crippen LogP contribution >= 0.6 is 11.3 Å². The lowest BCUT2D eigenvalue weighted by Crippen LogP contribution is -2.63. The van der Waals surface area contributed by atoms with Gasteiger partial charge in [0.25, 0.3) is 0 Å². The summed E-state index contributed by atoms with van der Waals surface area (Å²) in [4.78, 5) is 2.05. The van der Waals surface area contributed by atoms with Crippen molar-refractivity contribution in [2.45, 2.75) is 43.5 Å². The van der Waals surface area contributed by atoms with Crippen LogP contribution in [-0.2, 0) is 16.9 Å². The fourth-order valence-corrected chi connectivity index (χ4v) is 4.94. The third-order valence-corrected chi connectivity index (χ3v) is 7.02. The van der Waals surface area contributed by atoms with Gasteiger partial charge < -0.3 is 30.3 Å². The van der Waals surface area contributed by atoms with Crippen LogP contribution in [0.4, 0.5) is 4.39 Å². The van der Waals surface area contributed by atoms with E-state index < -0.39 is 36.8 Å². The molecule has 170 valence electrons. The van der Waals surface area contributed by atoms with Crippen LogP contribution in [0, 0.1) is 12.7 Å². The van der Waals surface area contributed by atoms with Crippen molar-refractivity contribution in [1.29, 1.82) is 0 Å². The average Bonchev–Trinajstić information content (AvgIpc) is 3.25. The number of thiophene rings is 1. The molecule has 1 aliphatic rings. The third-order valence-electron chi connectivity index (χ3n) is 5.88. The number of halogens is 1. The minimum atomic E-state index is -2.29. The maximum Gasteiger partial charge on any atom is 0.222 e. The molecule has 1 aromatic heterocycles. The Morgan fingerprint density at radius 2 is 1.72 bits per heavy atom. The molecule has 0 saturated carbocycles. The van der Waals surface area contributed by atoms with E-state index in [1.165, 1.54) is 12.1 Å². The molecular formula is C24H25FO6S. The Bertz CT molecular complexity index is 1080. The summed E-state index contributed by atoms with van der Waals surface area (Å²) in [5.74, 6) is -2.58. The van der Waals surface area contributed by atoms with Gasteiger partial charge in [0.1, 0.15) is 30.2 Å². The van der Waals surface area contributed by atoms with Crippen molar-refractivity contribution >= 4 is 11.3 Å². The molecule has 6 nitrogen and oxygen atoms in total. The molecule has 4 rings (SSSR count). The van der Waals surface area contributed by atoms with E-state index in [-0.39, 0.29) is 11.4 Å². The van der Waals surface area contributed by atoms with Crippen molar-refractivity contribution in [3.8, 4) is 10.4 Å². The summed E-state index contributed by atoms with van der Waals surface area (Å²) in [6.07, 6.45) is -5.73. The van der Waals surface area contributed by atoms with Gasteiger partial charge in [-0.3, -0.25) is 0 Å². The minimum Gasteiger partial charge on any atom is -0.394 e. The Morgan fingerprint density at radius 3 is 2.41 bits per heavy atom. The molecular weight excluding hydrogens is 435 g/mol. The Balaban J connectivity index is 1.61.